The Morgan fingerprint density at radius 1 is 1.00 bits per heavy atom. The van der Waals surface area contributed by atoms with Crippen molar-refractivity contribution in [3.05, 3.63) is 35.7 Å². The van der Waals surface area contributed by atoms with Crippen LogP contribution in [0.4, 0.5) is 0 Å². The van der Waals surface area contributed by atoms with Gasteiger partial charge in [-0.1, -0.05) is 0 Å². The van der Waals surface area contributed by atoms with E-state index in [-0.39, 0.29) is 0 Å². The van der Waals surface area contributed by atoms with Crippen molar-refractivity contribution in [1.82, 2.24) is 9.78 Å². The number of nitrogens with zero attached hydrogens (tertiary/aromatic N) is 2. The van der Waals surface area contributed by atoms with Gasteiger partial charge >= 0.3 is 0 Å². The van der Waals surface area contributed by atoms with Crippen molar-refractivity contribution < 1.29 is 14.2 Å². The lowest BCUT2D eigenvalue weighted by Gasteiger charge is -2.09. The molecule has 0 aliphatic heterocycles. The summed E-state index contributed by atoms with van der Waals surface area (Å²) in [5.74, 6) is 2.10. The molecular formula is C14H18N2O3. The monoisotopic (exact) mass is 262 g/mol. The molecule has 0 unspecified atom stereocenters. The summed E-state index contributed by atoms with van der Waals surface area (Å²) in [5.41, 5.74) is 1.99. The Balaban J connectivity index is 2.10. The lowest BCUT2D eigenvalue weighted by molar-refractivity contribution is 0.295. The van der Waals surface area contributed by atoms with Crippen molar-refractivity contribution in [3.63, 3.8) is 0 Å². The highest BCUT2D eigenvalue weighted by molar-refractivity contribution is 5.42. The van der Waals surface area contributed by atoms with Gasteiger partial charge in [0, 0.05) is 30.9 Å². The van der Waals surface area contributed by atoms with Gasteiger partial charge in [-0.15, -0.1) is 0 Å². The predicted molar refractivity (Wildman–Crippen MR) is 71.8 cm³/mol. The maximum Gasteiger partial charge on any atom is 0.132 e. The molecule has 5 nitrogen and oxygen atoms in total. The van der Waals surface area contributed by atoms with Gasteiger partial charge in [-0.2, -0.15) is 5.10 Å². The number of aryl methyl sites for hydroxylation is 2. The van der Waals surface area contributed by atoms with E-state index in [0.29, 0.717) is 23.9 Å². The van der Waals surface area contributed by atoms with Gasteiger partial charge in [0.25, 0.3) is 0 Å². The molecule has 0 bridgehead atoms. The molecule has 0 amide bonds. The van der Waals surface area contributed by atoms with Crippen LogP contribution in [0.15, 0.2) is 24.3 Å². The summed E-state index contributed by atoms with van der Waals surface area (Å²) in [4.78, 5) is 0. The van der Waals surface area contributed by atoms with Crippen molar-refractivity contribution in [2.75, 3.05) is 14.2 Å². The number of methoxy groups -OCH3 is 2. The number of benzene rings is 1. The van der Waals surface area contributed by atoms with E-state index in [1.165, 1.54) is 0 Å². The van der Waals surface area contributed by atoms with Crippen molar-refractivity contribution in [2.45, 2.75) is 13.5 Å². The number of hydrogen-bond donors (Lipinski definition) is 0. The first-order valence-corrected chi connectivity index (χ1v) is 5.97. The third-order valence-electron chi connectivity index (χ3n) is 2.88. The number of ether oxygens (including phenoxy) is 3. The normalized spacial score (nSPS) is 10.3. The van der Waals surface area contributed by atoms with Crippen molar-refractivity contribution >= 4 is 0 Å². The van der Waals surface area contributed by atoms with E-state index in [1.807, 2.05) is 36.9 Å². The van der Waals surface area contributed by atoms with Crippen molar-refractivity contribution in [3.8, 4) is 17.2 Å². The summed E-state index contributed by atoms with van der Waals surface area (Å²) in [6, 6.07) is 7.44. The van der Waals surface area contributed by atoms with E-state index in [0.717, 1.165) is 11.4 Å². The average molecular weight is 262 g/mol. The smallest absolute Gasteiger partial charge is 0.132 e. The highest BCUT2D eigenvalue weighted by Gasteiger charge is 2.05. The van der Waals surface area contributed by atoms with Gasteiger partial charge in [-0.25, -0.2) is 0 Å². The third-order valence-corrected chi connectivity index (χ3v) is 2.88. The van der Waals surface area contributed by atoms with E-state index in [2.05, 4.69) is 5.10 Å². The Hall–Kier alpha value is -2.17. The zero-order valence-electron chi connectivity index (χ0n) is 11.6. The molecule has 0 saturated carbocycles. The highest BCUT2D eigenvalue weighted by Crippen LogP contribution is 2.27. The molecule has 19 heavy (non-hydrogen) atoms. The van der Waals surface area contributed by atoms with Gasteiger partial charge in [0.15, 0.2) is 0 Å². The van der Waals surface area contributed by atoms with Crippen LogP contribution in [0.3, 0.4) is 0 Å². The molecule has 0 radical (unpaired) electrons. The van der Waals surface area contributed by atoms with Crippen LogP contribution in [0, 0.1) is 6.92 Å². The van der Waals surface area contributed by atoms with Crippen LogP contribution in [0.5, 0.6) is 17.2 Å². The van der Waals surface area contributed by atoms with Crippen LogP contribution >= 0.6 is 0 Å². The van der Waals surface area contributed by atoms with E-state index in [9.17, 15) is 0 Å². The molecule has 2 rings (SSSR count). The Morgan fingerprint density at radius 3 is 2.05 bits per heavy atom. The zero-order chi connectivity index (χ0) is 13.8. The largest absolute Gasteiger partial charge is 0.496 e. The summed E-state index contributed by atoms with van der Waals surface area (Å²) in [5, 5.41) is 4.34. The Kier molecular flexibility index (Phi) is 3.94. The highest BCUT2D eigenvalue weighted by atomic mass is 16.5. The second kappa shape index (κ2) is 5.65. The lowest BCUT2D eigenvalue weighted by atomic mass is 10.3. The second-order valence-corrected chi connectivity index (χ2v) is 4.24. The zero-order valence-corrected chi connectivity index (χ0v) is 11.6. The molecule has 0 atom stereocenters. The quantitative estimate of drug-likeness (QED) is 0.829. The Labute approximate surface area is 112 Å². The van der Waals surface area contributed by atoms with E-state index < -0.39 is 0 Å². The predicted octanol–water partition coefficient (Wildman–Crippen LogP) is 2.32. The Bertz CT molecular complexity index is 522. The fraction of sp³-hybridized carbons (Fsp3) is 0.357. The fourth-order valence-electron chi connectivity index (χ4n) is 1.73. The number of hydrogen-bond acceptors (Lipinski definition) is 4. The van der Waals surface area contributed by atoms with E-state index in [1.54, 1.807) is 20.3 Å². The SMILES string of the molecule is COc1cc(OC)cc(OCc2cc(C)n(C)n2)c1. The molecule has 0 aliphatic carbocycles. The third kappa shape index (κ3) is 3.19. The summed E-state index contributed by atoms with van der Waals surface area (Å²) < 4.78 is 17.9. The van der Waals surface area contributed by atoms with Gasteiger partial charge in [-0.3, -0.25) is 4.68 Å². The lowest BCUT2D eigenvalue weighted by Crippen LogP contribution is -1.99. The van der Waals surface area contributed by atoms with Crippen LogP contribution in [0.1, 0.15) is 11.4 Å². The molecule has 0 saturated heterocycles. The molecule has 0 aliphatic rings. The summed E-state index contributed by atoms with van der Waals surface area (Å²) >= 11 is 0. The molecule has 0 fully saturated rings. The molecule has 1 aromatic carbocycles. The van der Waals surface area contributed by atoms with E-state index >= 15 is 0 Å². The minimum atomic E-state index is 0.415. The van der Waals surface area contributed by atoms with Crippen LogP contribution in [0.25, 0.3) is 0 Å². The topological polar surface area (TPSA) is 45.5 Å². The standard InChI is InChI=1S/C14H18N2O3/c1-10-5-11(15-16(10)2)9-19-14-7-12(17-3)6-13(8-14)18-4/h5-8H,9H2,1-4H3. The van der Waals surface area contributed by atoms with Crippen LogP contribution < -0.4 is 14.2 Å². The molecule has 102 valence electrons. The number of rotatable bonds is 5. The second-order valence-electron chi connectivity index (χ2n) is 4.24. The van der Waals surface area contributed by atoms with Crippen molar-refractivity contribution in [2.24, 2.45) is 7.05 Å². The summed E-state index contributed by atoms with van der Waals surface area (Å²) in [6.07, 6.45) is 0. The Morgan fingerprint density at radius 2 is 1.58 bits per heavy atom. The van der Waals surface area contributed by atoms with Crippen molar-refractivity contribution in [1.29, 1.82) is 0 Å². The van der Waals surface area contributed by atoms with E-state index in [4.69, 9.17) is 14.2 Å². The fourth-order valence-corrected chi connectivity index (χ4v) is 1.73. The van der Waals surface area contributed by atoms with Gasteiger partial charge in [0.2, 0.25) is 0 Å². The first-order valence-electron chi connectivity index (χ1n) is 5.97. The molecule has 0 N–H and O–H groups in total. The van der Waals surface area contributed by atoms with Crippen LogP contribution in [-0.2, 0) is 13.7 Å². The molecule has 1 aromatic heterocycles. The molecule has 0 spiro atoms. The average Bonchev–Trinajstić information content (AvgIpc) is 2.75. The summed E-state index contributed by atoms with van der Waals surface area (Å²) in [6.45, 7) is 2.42. The molecule has 1 heterocycles. The molecule has 2 aromatic rings. The maximum atomic E-state index is 5.71. The molecule has 5 heteroatoms. The van der Waals surface area contributed by atoms with Gasteiger partial charge < -0.3 is 14.2 Å². The van der Waals surface area contributed by atoms with Gasteiger partial charge in [0.1, 0.15) is 29.5 Å². The van der Waals surface area contributed by atoms with Crippen LogP contribution in [0.2, 0.25) is 0 Å². The molecular weight excluding hydrogens is 244 g/mol. The first kappa shape index (κ1) is 13.3. The minimum absolute atomic E-state index is 0.415. The van der Waals surface area contributed by atoms with Gasteiger partial charge in [-0.05, 0) is 13.0 Å². The maximum absolute atomic E-state index is 5.71. The van der Waals surface area contributed by atoms with Gasteiger partial charge in [0.05, 0.1) is 14.2 Å². The summed E-state index contributed by atoms with van der Waals surface area (Å²) in [7, 11) is 5.13. The van der Waals surface area contributed by atoms with Crippen LogP contribution in [-0.4, -0.2) is 24.0 Å². The first-order chi connectivity index (χ1) is 9.12. The minimum Gasteiger partial charge on any atom is -0.496 e. The number of aromatic nitrogens is 2.